The number of benzene rings is 1. The van der Waals surface area contributed by atoms with E-state index in [4.69, 9.17) is 21.9 Å². The van der Waals surface area contributed by atoms with Gasteiger partial charge in [0.2, 0.25) is 5.82 Å². The molecule has 0 saturated carbocycles. The van der Waals surface area contributed by atoms with Gasteiger partial charge in [0.1, 0.15) is 0 Å². The molecule has 4 nitrogen and oxygen atoms in total. The molecule has 1 aromatic carbocycles. The summed E-state index contributed by atoms with van der Waals surface area (Å²) in [5.74, 6) is 0.890. The summed E-state index contributed by atoms with van der Waals surface area (Å²) < 4.78 is 6.23. The number of nitrogen functional groups attached to an aromatic ring is 1. The molecule has 2 aromatic heterocycles. The summed E-state index contributed by atoms with van der Waals surface area (Å²) in [6, 6.07) is 7.07. The molecule has 0 fully saturated rings. The first kappa shape index (κ1) is 12.7. The van der Waals surface area contributed by atoms with Crippen LogP contribution in [0.5, 0.6) is 0 Å². The van der Waals surface area contributed by atoms with Gasteiger partial charge in [-0.2, -0.15) is 4.98 Å². The number of anilines is 1. The first-order valence-electron chi connectivity index (χ1n) is 5.27. The maximum atomic E-state index is 6.10. The average Bonchev–Trinajstić information content (AvgIpc) is 3.00. The van der Waals surface area contributed by atoms with Crippen molar-refractivity contribution in [2.24, 2.45) is 0 Å². The van der Waals surface area contributed by atoms with Crippen molar-refractivity contribution in [2.75, 3.05) is 5.73 Å². The molecule has 3 aromatic rings. The molecule has 0 bridgehead atoms. The molecule has 7 heteroatoms. The quantitative estimate of drug-likeness (QED) is 0.688. The third kappa shape index (κ3) is 2.51. The van der Waals surface area contributed by atoms with Gasteiger partial charge in [-0.1, -0.05) is 16.8 Å². The molecule has 0 unspecified atom stereocenters. The summed E-state index contributed by atoms with van der Waals surface area (Å²) in [6.07, 6.45) is 0. The van der Waals surface area contributed by atoms with Crippen LogP contribution in [-0.2, 0) is 0 Å². The lowest BCUT2D eigenvalue weighted by Gasteiger charge is -1.99. The summed E-state index contributed by atoms with van der Waals surface area (Å²) >= 11 is 11.0. The molecule has 0 atom stereocenters. The van der Waals surface area contributed by atoms with Gasteiger partial charge < -0.3 is 10.3 Å². The Morgan fingerprint density at radius 2 is 2.16 bits per heavy atom. The number of thiophene rings is 1. The molecule has 0 radical (unpaired) electrons. The van der Waals surface area contributed by atoms with E-state index in [0.717, 1.165) is 9.35 Å². The molecule has 0 spiro atoms. The topological polar surface area (TPSA) is 64.9 Å². The molecular formula is C12H7BrClN3OS. The summed E-state index contributed by atoms with van der Waals surface area (Å²) in [7, 11) is 0. The van der Waals surface area contributed by atoms with Crippen LogP contribution in [0.3, 0.4) is 0 Å². The van der Waals surface area contributed by atoms with Crippen molar-refractivity contribution >= 4 is 44.6 Å². The van der Waals surface area contributed by atoms with Gasteiger partial charge in [-0.15, -0.1) is 11.3 Å². The van der Waals surface area contributed by atoms with Gasteiger partial charge in [0, 0.05) is 15.5 Å². The highest BCUT2D eigenvalue weighted by Crippen LogP contribution is 2.32. The molecule has 0 aliphatic heterocycles. The average molecular weight is 357 g/mol. The van der Waals surface area contributed by atoms with Crippen LogP contribution in [0.15, 0.2) is 38.6 Å². The predicted molar refractivity (Wildman–Crippen MR) is 80.2 cm³/mol. The van der Waals surface area contributed by atoms with Crippen molar-refractivity contribution in [3.63, 3.8) is 0 Å². The van der Waals surface area contributed by atoms with E-state index >= 15 is 0 Å². The SMILES string of the molecule is Nc1ccc(Cl)c(-c2nc(-c3cc(Br)cs3)no2)c1. The standard InChI is InChI=1S/C12H7BrClN3OS/c13-6-3-10(19-5-6)11-16-12(18-17-11)8-4-7(15)1-2-9(8)14/h1-5H,15H2. The van der Waals surface area contributed by atoms with Crippen molar-refractivity contribution < 1.29 is 4.52 Å². The molecule has 0 saturated heterocycles. The molecule has 0 aliphatic rings. The van der Waals surface area contributed by atoms with Gasteiger partial charge in [0.05, 0.1) is 15.5 Å². The zero-order chi connectivity index (χ0) is 13.4. The molecule has 3 rings (SSSR count). The van der Waals surface area contributed by atoms with E-state index in [-0.39, 0.29) is 0 Å². The zero-order valence-electron chi connectivity index (χ0n) is 9.43. The fraction of sp³-hybridized carbons (Fsp3) is 0. The van der Waals surface area contributed by atoms with Crippen molar-refractivity contribution in [2.45, 2.75) is 0 Å². The third-order valence-electron chi connectivity index (χ3n) is 2.43. The van der Waals surface area contributed by atoms with Crippen LogP contribution >= 0.6 is 38.9 Å². The fourth-order valence-corrected chi connectivity index (χ4v) is 3.12. The van der Waals surface area contributed by atoms with Crippen LogP contribution in [0.2, 0.25) is 5.02 Å². The normalized spacial score (nSPS) is 10.8. The first-order valence-corrected chi connectivity index (χ1v) is 7.32. The van der Waals surface area contributed by atoms with Crippen LogP contribution in [0.25, 0.3) is 22.2 Å². The van der Waals surface area contributed by atoms with Gasteiger partial charge in [-0.25, -0.2) is 0 Å². The second-order valence-corrected chi connectivity index (χ2v) is 6.03. The van der Waals surface area contributed by atoms with Crippen molar-refractivity contribution in [1.29, 1.82) is 0 Å². The summed E-state index contributed by atoms with van der Waals surface area (Å²) in [4.78, 5) is 5.26. The van der Waals surface area contributed by atoms with E-state index < -0.39 is 0 Å². The van der Waals surface area contributed by atoms with Crippen LogP contribution in [0.1, 0.15) is 0 Å². The third-order valence-corrected chi connectivity index (χ3v) is 4.45. The second-order valence-electron chi connectivity index (χ2n) is 3.79. The summed E-state index contributed by atoms with van der Waals surface area (Å²) in [6.45, 7) is 0. The predicted octanol–water partition coefficient (Wildman–Crippen LogP) is 4.46. The van der Waals surface area contributed by atoms with E-state index in [1.54, 1.807) is 18.2 Å². The molecule has 19 heavy (non-hydrogen) atoms. The molecule has 0 aliphatic carbocycles. The highest BCUT2D eigenvalue weighted by atomic mass is 79.9. The zero-order valence-corrected chi connectivity index (χ0v) is 12.6. The Hall–Kier alpha value is -1.37. The van der Waals surface area contributed by atoms with E-state index in [9.17, 15) is 0 Å². The smallest absolute Gasteiger partial charge is 0.259 e. The highest BCUT2D eigenvalue weighted by Gasteiger charge is 2.14. The Bertz CT molecular complexity index is 740. The Balaban J connectivity index is 2.03. The first-order chi connectivity index (χ1) is 9.13. The molecule has 96 valence electrons. The van der Waals surface area contributed by atoms with Crippen LogP contribution in [-0.4, -0.2) is 10.1 Å². The Labute approximate surface area is 126 Å². The summed E-state index contributed by atoms with van der Waals surface area (Å²) in [5, 5.41) is 6.43. The maximum absolute atomic E-state index is 6.10. The van der Waals surface area contributed by atoms with E-state index in [1.165, 1.54) is 11.3 Å². The van der Waals surface area contributed by atoms with Gasteiger partial charge in [-0.3, -0.25) is 0 Å². The largest absolute Gasteiger partial charge is 0.399 e. The number of nitrogens with zero attached hydrogens (tertiary/aromatic N) is 2. The Kier molecular flexibility index (Phi) is 3.30. The number of rotatable bonds is 2. The van der Waals surface area contributed by atoms with Crippen molar-refractivity contribution in [1.82, 2.24) is 10.1 Å². The van der Waals surface area contributed by atoms with E-state index in [1.807, 2.05) is 11.4 Å². The maximum Gasteiger partial charge on any atom is 0.259 e. The second kappa shape index (κ2) is 4.96. The fourth-order valence-electron chi connectivity index (χ4n) is 1.57. The van der Waals surface area contributed by atoms with E-state index in [0.29, 0.717) is 28.0 Å². The molecular weight excluding hydrogens is 350 g/mol. The van der Waals surface area contributed by atoms with Crippen molar-refractivity contribution in [3.8, 4) is 22.2 Å². The summed E-state index contributed by atoms with van der Waals surface area (Å²) in [5.41, 5.74) is 6.96. The Morgan fingerprint density at radius 1 is 1.32 bits per heavy atom. The number of halogens is 2. The Morgan fingerprint density at radius 3 is 2.89 bits per heavy atom. The minimum atomic E-state index is 0.358. The molecule has 2 N–H and O–H groups in total. The van der Waals surface area contributed by atoms with Crippen LogP contribution in [0, 0.1) is 0 Å². The van der Waals surface area contributed by atoms with E-state index in [2.05, 4.69) is 26.1 Å². The number of aromatic nitrogens is 2. The van der Waals surface area contributed by atoms with Gasteiger partial charge >= 0.3 is 0 Å². The number of hydrogen-bond donors (Lipinski definition) is 1. The van der Waals surface area contributed by atoms with Gasteiger partial charge in [-0.05, 0) is 40.2 Å². The highest BCUT2D eigenvalue weighted by molar-refractivity contribution is 9.10. The van der Waals surface area contributed by atoms with Crippen molar-refractivity contribution in [3.05, 3.63) is 39.1 Å². The minimum absolute atomic E-state index is 0.358. The monoisotopic (exact) mass is 355 g/mol. The van der Waals surface area contributed by atoms with Gasteiger partial charge in [0.15, 0.2) is 0 Å². The lowest BCUT2D eigenvalue weighted by Crippen LogP contribution is -1.86. The number of hydrogen-bond acceptors (Lipinski definition) is 5. The van der Waals surface area contributed by atoms with Crippen LogP contribution in [0.4, 0.5) is 5.69 Å². The lowest BCUT2D eigenvalue weighted by atomic mass is 10.2. The lowest BCUT2D eigenvalue weighted by molar-refractivity contribution is 0.432. The molecule has 0 amide bonds. The minimum Gasteiger partial charge on any atom is -0.399 e. The van der Waals surface area contributed by atoms with Crippen LogP contribution < -0.4 is 5.73 Å². The molecule has 2 heterocycles. The number of nitrogens with two attached hydrogens (primary N) is 1. The van der Waals surface area contributed by atoms with Gasteiger partial charge in [0.25, 0.3) is 5.89 Å².